The van der Waals surface area contributed by atoms with Crippen molar-refractivity contribution in [1.29, 1.82) is 0 Å². The number of likely N-dealkylation sites (tertiary alicyclic amines) is 1. The molecule has 0 radical (unpaired) electrons. The maximum absolute atomic E-state index is 14.0. The average Bonchev–Trinajstić information content (AvgIpc) is 2.66. The Hall–Kier alpha value is -1.13. The molecule has 1 atom stereocenters. The van der Waals surface area contributed by atoms with Gasteiger partial charge in [0.2, 0.25) is 11.6 Å². The third-order valence-corrected chi connectivity index (χ3v) is 4.45. The van der Waals surface area contributed by atoms with Crippen molar-refractivity contribution < 1.29 is 19.1 Å². The largest absolute Gasteiger partial charge is 0.479 e. The summed E-state index contributed by atoms with van der Waals surface area (Å²) in [5.41, 5.74) is -2.60. The summed E-state index contributed by atoms with van der Waals surface area (Å²) in [7, 11) is 0. The molecule has 1 N–H and O–H groups in total. The fourth-order valence-electron chi connectivity index (χ4n) is 3.35. The summed E-state index contributed by atoms with van der Waals surface area (Å²) in [6.45, 7) is 4.09. The molecule has 0 bridgehead atoms. The molecule has 2 aliphatic rings. The van der Waals surface area contributed by atoms with E-state index in [0.29, 0.717) is 5.92 Å². The molecule has 2 rings (SSSR count). The van der Waals surface area contributed by atoms with E-state index in [9.17, 15) is 14.0 Å². The Bertz CT molecular complexity index is 392. The van der Waals surface area contributed by atoms with Crippen LogP contribution in [-0.2, 0) is 9.59 Å². The van der Waals surface area contributed by atoms with Crippen LogP contribution in [0.15, 0.2) is 0 Å². The number of carboxylic acid groups (broad SMARTS) is 1. The molecule has 19 heavy (non-hydrogen) atoms. The number of nitrogens with zero attached hydrogens (tertiary/aromatic N) is 1. The monoisotopic (exact) mass is 271 g/mol. The molecule has 1 amide bonds. The molecule has 0 spiro atoms. The van der Waals surface area contributed by atoms with Gasteiger partial charge in [0.05, 0.1) is 6.54 Å². The molecule has 0 aromatic carbocycles. The Balaban J connectivity index is 2.06. The number of carboxylic acids is 1. The van der Waals surface area contributed by atoms with Crippen LogP contribution in [0.5, 0.6) is 0 Å². The molecule has 1 heterocycles. The number of amides is 1. The highest BCUT2D eigenvalue weighted by atomic mass is 19.1. The third kappa shape index (κ3) is 2.47. The number of hydrogen-bond donors (Lipinski definition) is 1. The third-order valence-electron chi connectivity index (χ3n) is 4.45. The highest BCUT2D eigenvalue weighted by molar-refractivity contribution is 5.86. The van der Waals surface area contributed by atoms with Crippen LogP contribution in [0.2, 0.25) is 0 Å². The predicted molar refractivity (Wildman–Crippen MR) is 68.4 cm³/mol. The van der Waals surface area contributed by atoms with Gasteiger partial charge in [-0.05, 0) is 25.2 Å². The van der Waals surface area contributed by atoms with E-state index >= 15 is 0 Å². The van der Waals surface area contributed by atoms with E-state index in [1.807, 2.05) is 0 Å². The number of hydrogen-bond acceptors (Lipinski definition) is 2. The van der Waals surface area contributed by atoms with Crippen molar-refractivity contribution in [2.75, 3.05) is 13.1 Å². The van der Waals surface area contributed by atoms with Crippen molar-refractivity contribution in [3.63, 3.8) is 0 Å². The smallest absolute Gasteiger partial charge is 0.343 e. The lowest BCUT2D eigenvalue weighted by Crippen LogP contribution is -2.49. The van der Waals surface area contributed by atoms with E-state index < -0.39 is 11.6 Å². The minimum absolute atomic E-state index is 0.0341. The van der Waals surface area contributed by atoms with Gasteiger partial charge < -0.3 is 10.0 Å². The molecule has 108 valence electrons. The lowest BCUT2D eigenvalue weighted by Gasteiger charge is -2.44. The number of carbonyl (C=O) groups is 2. The number of rotatable bonds is 4. The first-order valence-corrected chi connectivity index (χ1v) is 7.01. The van der Waals surface area contributed by atoms with E-state index in [4.69, 9.17) is 5.11 Å². The van der Waals surface area contributed by atoms with Crippen molar-refractivity contribution in [3.05, 3.63) is 0 Å². The van der Waals surface area contributed by atoms with E-state index in [0.717, 1.165) is 25.7 Å². The minimum Gasteiger partial charge on any atom is -0.479 e. The van der Waals surface area contributed by atoms with Gasteiger partial charge in [0.1, 0.15) is 0 Å². The second-order valence-electron chi connectivity index (χ2n) is 6.48. The molecule has 0 aromatic rings. The van der Waals surface area contributed by atoms with Gasteiger partial charge in [0, 0.05) is 18.4 Å². The summed E-state index contributed by atoms with van der Waals surface area (Å²) in [6.07, 6.45) is 3.46. The molecule has 1 saturated heterocycles. The average molecular weight is 271 g/mol. The zero-order valence-corrected chi connectivity index (χ0v) is 11.6. The lowest BCUT2D eigenvalue weighted by atomic mass is 9.63. The fourth-order valence-corrected chi connectivity index (χ4v) is 3.35. The molecule has 1 unspecified atom stereocenters. The van der Waals surface area contributed by atoms with Crippen LogP contribution in [0.3, 0.4) is 0 Å². The van der Waals surface area contributed by atoms with Gasteiger partial charge in [0.25, 0.3) is 0 Å². The lowest BCUT2D eigenvalue weighted by molar-refractivity contribution is -0.152. The number of halogens is 1. The Labute approximate surface area is 113 Å². The Morgan fingerprint density at radius 2 is 1.95 bits per heavy atom. The molecule has 2 fully saturated rings. The summed E-state index contributed by atoms with van der Waals surface area (Å²) in [5, 5.41) is 8.88. The van der Waals surface area contributed by atoms with Gasteiger partial charge in [-0.15, -0.1) is 0 Å². The first-order chi connectivity index (χ1) is 8.79. The quantitative estimate of drug-likeness (QED) is 0.853. The van der Waals surface area contributed by atoms with E-state index in [2.05, 4.69) is 13.8 Å². The number of carbonyl (C=O) groups excluding carboxylic acids is 1. The second kappa shape index (κ2) is 4.76. The van der Waals surface area contributed by atoms with Crippen molar-refractivity contribution in [3.8, 4) is 0 Å². The maximum atomic E-state index is 14.0. The fraction of sp³-hybridized carbons (Fsp3) is 0.857. The SMILES string of the molecule is CC(C)CC1(C(=O)N2CCC(F)(C(=O)O)C2)CCC1. The van der Waals surface area contributed by atoms with Crippen LogP contribution in [0.4, 0.5) is 4.39 Å². The number of aliphatic carboxylic acids is 1. The van der Waals surface area contributed by atoms with Crippen molar-refractivity contribution in [2.24, 2.45) is 11.3 Å². The van der Waals surface area contributed by atoms with Gasteiger partial charge >= 0.3 is 5.97 Å². The summed E-state index contributed by atoms with van der Waals surface area (Å²) in [6, 6.07) is 0. The van der Waals surface area contributed by atoms with Crippen molar-refractivity contribution >= 4 is 11.9 Å². The molecule has 5 heteroatoms. The van der Waals surface area contributed by atoms with Crippen LogP contribution < -0.4 is 0 Å². The van der Waals surface area contributed by atoms with Crippen LogP contribution in [0, 0.1) is 11.3 Å². The van der Waals surface area contributed by atoms with E-state index in [1.54, 1.807) is 0 Å². The zero-order chi connectivity index (χ0) is 14.3. The van der Waals surface area contributed by atoms with E-state index in [-0.39, 0.29) is 30.8 Å². The minimum atomic E-state index is -2.25. The van der Waals surface area contributed by atoms with Gasteiger partial charge in [-0.1, -0.05) is 20.3 Å². The normalized spacial score (nSPS) is 29.4. The molecule has 4 nitrogen and oxygen atoms in total. The van der Waals surface area contributed by atoms with Crippen LogP contribution in [0.25, 0.3) is 0 Å². The van der Waals surface area contributed by atoms with Gasteiger partial charge in [0.15, 0.2) is 0 Å². The van der Waals surface area contributed by atoms with E-state index in [1.165, 1.54) is 4.90 Å². The standard InChI is InChI=1S/C14H22FNO3/c1-10(2)8-13(4-3-5-13)11(17)16-7-6-14(15,9-16)12(18)19/h10H,3-9H2,1-2H3,(H,18,19). The summed E-state index contributed by atoms with van der Waals surface area (Å²) in [5.74, 6) is -1.07. The number of alkyl halides is 1. The predicted octanol–water partition coefficient (Wildman–Crippen LogP) is 2.23. The zero-order valence-electron chi connectivity index (χ0n) is 11.6. The molecule has 1 saturated carbocycles. The topological polar surface area (TPSA) is 57.6 Å². The Morgan fingerprint density at radius 3 is 2.32 bits per heavy atom. The van der Waals surface area contributed by atoms with Crippen LogP contribution in [-0.4, -0.2) is 40.6 Å². The van der Waals surface area contributed by atoms with Gasteiger partial charge in [-0.25, -0.2) is 9.18 Å². The van der Waals surface area contributed by atoms with Crippen LogP contribution >= 0.6 is 0 Å². The highest BCUT2D eigenvalue weighted by Gasteiger charge is 2.52. The first kappa shape index (κ1) is 14.3. The highest BCUT2D eigenvalue weighted by Crippen LogP contribution is 2.48. The molecule has 1 aliphatic heterocycles. The molecule has 0 aromatic heterocycles. The Morgan fingerprint density at radius 1 is 1.32 bits per heavy atom. The Kier molecular flexibility index (Phi) is 3.58. The van der Waals surface area contributed by atoms with Crippen molar-refractivity contribution in [2.45, 2.75) is 51.6 Å². The van der Waals surface area contributed by atoms with Gasteiger partial charge in [-0.3, -0.25) is 4.79 Å². The molecular formula is C14H22FNO3. The second-order valence-corrected chi connectivity index (χ2v) is 6.48. The summed E-state index contributed by atoms with van der Waals surface area (Å²) < 4.78 is 14.0. The summed E-state index contributed by atoms with van der Waals surface area (Å²) >= 11 is 0. The summed E-state index contributed by atoms with van der Waals surface area (Å²) in [4.78, 5) is 24.9. The van der Waals surface area contributed by atoms with Gasteiger partial charge in [-0.2, -0.15) is 0 Å². The molecular weight excluding hydrogens is 249 g/mol. The van der Waals surface area contributed by atoms with Crippen LogP contribution in [0.1, 0.15) is 46.0 Å². The molecule has 1 aliphatic carbocycles. The first-order valence-electron chi connectivity index (χ1n) is 7.01. The van der Waals surface area contributed by atoms with Crippen molar-refractivity contribution in [1.82, 2.24) is 4.90 Å². The maximum Gasteiger partial charge on any atom is 0.343 e.